The number of hydrogen-bond donors (Lipinski definition) is 2. The van der Waals surface area contributed by atoms with Crippen LogP contribution in [0.3, 0.4) is 0 Å². The van der Waals surface area contributed by atoms with Gasteiger partial charge < -0.3 is 10.8 Å². The number of hydrogen-bond acceptors (Lipinski definition) is 3. The minimum Gasteiger partial charge on any atom is -0.388 e. The van der Waals surface area contributed by atoms with E-state index >= 15 is 0 Å². The van der Waals surface area contributed by atoms with Crippen LogP contribution in [0.25, 0.3) is 0 Å². The number of nitrogens with zero attached hydrogens (tertiary/aromatic N) is 2. The van der Waals surface area contributed by atoms with Gasteiger partial charge in [-0.15, -0.1) is 0 Å². The fourth-order valence-corrected chi connectivity index (χ4v) is 1.27. The van der Waals surface area contributed by atoms with Crippen LogP contribution < -0.4 is 5.73 Å². The summed E-state index contributed by atoms with van der Waals surface area (Å²) in [7, 11) is 1.77. The predicted molar refractivity (Wildman–Crippen MR) is 52.1 cm³/mol. The number of aryl methyl sites for hydroxylation is 1. The van der Waals surface area contributed by atoms with Crippen LogP contribution in [0.1, 0.15) is 37.9 Å². The van der Waals surface area contributed by atoms with Crippen LogP contribution in [0.15, 0.2) is 6.20 Å². The van der Waals surface area contributed by atoms with Gasteiger partial charge in [0, 0.05) is 12.6 Å². The van der Waals surface area contributed by atoms with Gasteiger partial charge in [-0.1, -0.05) is 19.8 Å². The molecule has 0 saturated carbocycles. The molecule has 13 heavy (non-hydrogen) atoms. The second kappa shape index (κ2) is 4.28. The van der Waals surface area contributed by atoms with E-state index in [-0.39, 0.29) is 0 Å². The highest BCUT2D eigenvalue weighted by Crippen LogP contribution is 2.23. The average Bonchev–Trinajstić information content (AvgIpc) is 2.44. The van der Waals surface area contributed by atoms with Gasteiger partial charge in [-0.05, 0) is 6.42 Å². The Hall–Kier alpha value is -1.03. The van der Waals surface area contributed by atoms with Gasteiger partial charge in [0.25, 0.3) is 0 Å². The third-order valence-corrected chi connectivity index (χ3v) is 2.20. The molecule has 3 N–H and O–H groups in total. The lowest BCUT2D eigenvalue weighted by atomic mass is 10.1. The van der Waals surface area contributed by atoms with Gasteiger partial charge >= 0.3 is 0 Å². The number of anilines is 1. The first kappa shape index (κ1) is 10.1. The molecule has 1 unspecified atom stereocenters. The van der Waals surface area contributed by atoms with Crippen molar-refractivity contribution >= 4 is 5.82 Å². The van der Waals surface area contributed by atoms with Crippen molar-refractivity contribution in [1.29, 1.82) is 0 Å². The monoisotopic (exact) mass is 183 g/mol. The van der Waals surface area contributed by atoms with Crippen LogP contribution in [0.2, 0.25) is 0 Å². The molecule has 74 valence electrons. The lowest BCUT2D eigenvalue weighted by molar-refractivity contribution is 0.165. The van der Waals surface area contributed by atoms with Gasteiger partial charge in [0.1, 0.15) is 5.82 Å². The van der Waals surface area contributed by atoms with E-state index < -0.39 is 6.10 Å². The van der Waals surface area contributed by atoms with Crippen molar-refractivity contribution in [3.63, 3.8) is 0 Å². The maximum absolute atomic E-state index is 9.71. The Balaban J connectivity index is 2.65. The molecule has 0 aliphatic rings. The molecule has 1 heterocycles. The number of aromatic nitrogens is 2. The van der Waals surface area contributed by atoms with Gasteiger partial charge in [-0.2, -0.15) is 5.10 Å². The fourth-order valence-electron chi connectivity index (χ4n) is 1.27. The maximum atomic E-state index is 9.71. The summed E-state index contributed by atoms with van der Waals surface area (Å²) in [4.78, 5) is 0. The van der Waals surface area contributed by atoms with Crippen molar-refractivity contribution < 1.29 is 5.11 Å². The quantitative estimate of drug-likeness (QED) is 0.737. The van der Waals surface area contributed by atoms with Crippen LogP contribution in [-0.2, 0) is 7.05 Å². The molecule has 4 heteroatoms. The standard InChI is InChI=1S/C9H17N3O/c1-3-4-5-8(13)7-6-11-12(2)9(7)10/h6,8,13H,3-5,10H2,1-2H3. The van der Waals surface area contributed by atoms with E-state index in [1.54, 1.807) is 17.9 Å². The van der Waals surface area contributed by atoms with Gasteiger partial charge in [-0.25, -0.2) is 0 Å². The van der Waals surface area contributed by atoms with E-state index in [4.69, 9.17) is 5.73 Å². The molecule has 0 saturated heterocycles. The molecule has 4 nitrogen and oxygen atoms in total. The van der Waals surface area contributed by atoms with Crippen LogP contribution in [-0.4, -0.2) is 14.9 Å². The van der Waals surface area contributed by atoms with Crippen molar-refractivity contribution in [2.24, 2.45) is 7.05 Å². The number of nitrogens with two attached hydrogens (primary N) is 1. The minimum absolute atomic E-state index is 0.464. The largest absolute Gasteiger partial charge is 0.388 e. The van der Waals surface area contributed by atoms with Gasteiger partial charge in [-0.3, -0.25) is 4.68 Å². The summed E-state index contributed by atoms with van der Waals surface area (Å²) in [6.45, 7) is 2.10. The van der Waals surface area contributed by atoms with E-state index in [9.17, 15) is 5.11 Å². The fraction of sp³-hybridized carbons (Fsp3) is 0.667. The third-order valence-electron chi connectivity index (χ3n) is 2.20. The van der Waals surface area contributed by atoms with Gasteiger partial charge in [0.2, 0.25) is 0 Å². The zero-order chi connectivity index (χ0) is 9.84. The predicted octanol–water partition coefficient (Wildman–Crippen LogP) is 1.23. The first-order chi connectivity index (χ1) is 6.16. The summed E-state index contributed by atoms with van der Waals surface area (Å²) < 4.78 is 1.57. The Bertz CT molecular complexity index is 270. The molecule has 0 aromatic carbocycles. The zero-order valence-corrected chi connectivity index (χ0v) is 8.20. The highest BCUT2D eigenvalue weighted by atomic mass is 16.3. The zero-order valence-electron chi connectivity index (χ0n) is 8.20. The topological polar surface area (TPSA) is 64.1 Å². The summed E-state index contributed by atoms with van der Waals surface area (Å²) in [5.41, 5.74) is 6.46. The molecule has 1 aromatic heterocycles. The third kappa shape index (κ3) is 2.21. The van der Waals surface area contributed by atoms with Crippen LogP contribution >= 0.6 is 0 Å². The minimum atomic E-state index is -0.464. The summed E-state index contributed by atoms with van der Waals surface area (Å²) in [5.74, 6) is 0.559. The van der Waals surface area contributed by atoms with Gasteiger partial charge in [0.05, 0.1) is 12.3 Å². The molecule has 0 fully saturated rings. The van der Waals surface area contributed by atoms with Crippen molar-refractivity contribution in [3.8, 4) is 0 Å². The van der Waals surface area contributed by atoms with E-state index in [1.165, 1.54) is 0 Å². The van der Waals surface area contributed by atoms with Crippen LogP contribution in [0, 0.1) is 0 Å². The Kier molecular flexibility index (Phi) is 3.31. The highest BCUT2D eigenvalue weighted by Gasteiger charge is 2.13. The molecule has 1 aromatic rings. The van der Waals surface area contributed by atoms with E-state index in [1.807, 2.05) is 0 Å². The molecule has 1 atom stereocenters. The maximum Gasteiger partial charge on any atom is 0.127 e. The van der Waals surface area contributed by atoms with E-state index in [2.05, 4.69) is 12.0 Å². The summed E-state index contributed by atoms with van der Waals surface area (Å²) >= 11 is 0. The van der Waals surface area contributed by atoms with E-state index in [0.717, 1.165) is 24.8 Å². The molecule has 0 radical (unpaired) electrons. The van der Waals surface area contributed by atoms with Crippen LogP contribution in [0.5, 0.6) is 0 Å². The Morgan fingerprint density at radius 1 is 1.69 bits per heavy atom. The molecule has 1 rings (SSSR count). The molecular weight excluding hydrogens is 166 g/mol. The average molecular weight is 183 g/mol. The molecular formula is C9H17N3O. The number of nitrogen functional groups attached to an aromatic ring is 1. The Morgan fingerprint density at radius 2 is 2.38 bits per heavy atom. The first-order valence-electron chi connectivity index (χ1n) is 4.62. The normalized spacial score (nSPS) is 13.2. The second-order valence-electron chi connectivity index (χ2n) is 3.27. The lowest BCUT2D eigenvalue weighted by Crippen LogP contribution is -2.03. The summed E-state index contributed by atoms with van der Waals surface area (Å²) in [6, 6.07) is 0. The molecule has 0 aliphatic heterocycles. The first-order valence-corrected chi connectivity index (χ1v) is 4.62. The smallest absolute Gasteiger partial charge is 0.127 e. The summed E-state index contributed by atoms with van der Waals surface area (Å²) in [5, 5.41) is 13.7. The Morgan fingerprint density at radius 3 is 2.85 bits per heavy atom. The molecule has 0 spiro atoms. The van der Waals surface area contributed by atoms with E-state index in [0.29, 0.717) is 5.82 Å². The molecule has 0 aliphatic carbocycles. The number of rotatable bonds is 4. The van der Waals surface area contributed by atoms with Crippen molar-refractivity contribution in [3.05, 3.63) is 11.8 Å². The van der Waals surface area contributed by atoms with Crippen molar-refractivity contribution in [2.75, 3.05) is 5.73 Å². The highest BCUT2D eigenvalue weighted by molar-refractivity contribution is 5.39. The SMILES string of the molecule is CCCCC(O)c1cnn(C)c1N. The van der Waals surface area contributed by atoms with Crippen LogP contribution in [0.4, 0.5) is 5.82 Å². The summed E-state index contributed by atoms with van der Waals surface area (Å²) in [6.07, 6.45) is 4.02. The second-order valence-corrected chi connectivity index (χ2v) is 3.27. The Labute approximate surface area is 78.4 Å². The van der Waals surface area contributed by atoms with Crippen molar-refractivity contribution in [1.82, 2.24) is 9.78 Å². The lowest BCUT2D eigenvalue weighted by Gasteiger charge is -2.08. The number of aliphatic hydroxyl groups is 1. The van der Waals surface area contributed by atoms with Crippen molar-refractivity contribution in [2.45, 2.75) is 32.3 Å². The number of unbranched alkanes of at least 4 members (excludes halogenated alkanes) is 1. The van der Waals surface area contributed by atoms with Gasteiger partial charge in [0.15, 0.2) is 0 Å². The number of aliphatic hydroxyl groups excluding tert-OH is 1. The molecule has 0 bridgehead atoms. The molecule has 0 amide bonds.